The van der Waals surface area contributed by atoms with E-state index in [1.165, 1.54) is 5.56 Å². The summed E-state index contributed by atoms with van der Waals surface area (Å²) in [4.78, 5) is 19.1. The third-order valence-electron chi connectivity index (χ3n) is 6.56. The van der Waals surface area contributed by atoms with Crippen LogP contribution in [-0.4, -0.2) is 55.3 Å². The summed E-state index contributed by atoms with van der Waals surface area (Å²) in [5.74, 6) is 0.223. The smallest absolute Gasteiger partial charge is 0.319 e. The third-order valence-corrected chi connectivity index (χ3v) is 6.56. The molecule has 1 fully saturated rings. The molecule has 0 spiro atoms. The summed E-state index contributed by atoms with van der Waals surface area (Å²) in [7, 11) is 1.72. The van der Waals surface area contributed by atoms with Gasteiger partial charge in [0.25, 0.3) is 0 Å². The van der Waals surface area contributed by atoms with Crippen LogP contribution in [0.5, 0.6) is 0 Å². The Labute approximate surface area is 199 Å². The number of carbonyl (C=O) groups excluding carboxylic acids is 1. The number of para-hydroxylation sites is 1. The second-order valence-corrected chi connectivity index (χ2v) is 8.76. The molecule has 34 heavy (non-hydrogen) atoms. The van der Waals surface area contributed by atoms with Gasteiger partial charge in [0, 0.05) is 49.1 Å². The van der Waals surface area contributed by atoms with Crippen LogP contribution in [0.15, 0.2) is 84.9 Å². The first-order valence-electron chi connectivity index (χ1n) is 11.7. The maximum absolute atomic E-state index is 13.3. The normalized spacial score (nSPS) is 18.3. The zero-order valence-corrected chi connectivity index (χ0v) is 19.3. The van der Waals surface area contributed by atoms with Crippen molar-refractivity contribution < 1.29 is 9.53 Å². The number of ether oxygens (including phenoxy) is 1. The van der Waals surface area contributed by atoms with Crippen molar-refractivity contribution in [3.8, 4) is 11.3 Å². The summed E-state index contributed by atoms with van der Waals surface area (Å²) < 4.78 is 5.28. The van der Waals surface area contributed by atoms with E-state index >= 15 is 0 Å². The third kappa shape index (κ3) is 4.69. The van der Waals surface area contributed by atoms with E-state index in [9.17, 15) is 4.79 Å². The predicted octanol–water partition coefficient (Wildman–Crippen LogP) is 5.07. The van der Waals surface area contributed by atoms with Gasteiger partial charge in [-0.25, -0.2) is 4.79 Å². The fourth-order valence-electron chi connectivity index (χ4n) is 4.88. The molecule has 1 aliphatic heterocycles. The molecule has 6 heteroatoms. The number of aromatic nitrogens is 1. The number of rotatable bonds is 7. The van der Waals surface area contributed by atoms with Gasteiger partial charge in [0.05, 0.1) is 24.0 Å². The predicted molar refractivity (Wildman–Crippen MR) is 137 cm³/mol. The van der Waals surface area contributed by atoms with Crippen molar-refractivity contribution in [2.24, 2.45) is 0 Å². The summed E-state index contributed by atoms with van der Waals surface area (Å²) in [6.45, 7) is 3.20. The maximum atomic E-state index is 13.3. The minimum atomic E-state index is -0.193. The Kier molecular flexibility index (Phi) is 6.60. The van der Waals surface area contributed by atoms with Crippen LogP contribution in [0.3, 0.4) is 0 Å². The Morgan fingerprint density at radius 3 is 2.44 bits per heavy atom. The molecule has 6 nitrogen and oxygen atoms in total. The number of methoxy groups -OCH3 is 1. The van der Waals surface area contributed by atoms with Crippen molar-refractivity contribution in [1.82, 2.24) is 15.2 Å². The standard InChI is InChI=1S/C28H30N4O2/c1-34-17-16-32-18-23(20-10-4-2-5-11-20)25(19-32)30-28(33)31-27-22-14-8-9-15-24(22)29-26(27)21-12-6-3-7-13-21/h2-15,23,25,29H,16-19H2,1H3,(H2,30,31,33)/t23-,25+/m1/s1. The van der Waals surface area contributed by atoms with Gasteiger partial charge in [0.2, 0.25) is 0 Å². The van der Waals surface area contributed by atoms with Crippen molar-refractivity contribution in [2.45, 2.75) is 12.0 Å². The van der Waals surface area contributed by atoms with E-state index in [0.29, 0.717) is 6.61 Å². The lowest BCUT2D eigenvalue weighted by Gasteiger charge is -2.21. The van der Waals surface area contributed by atoms with E-state index in [0.717, 1.165) is 47.5 Å². The first kappa shape index (κ1) is 22.2. The highest BCUT2D eigenvalue weighted by Gasteiger charge is 2.34. The second-order valence-electron chi connectivity index (χ2n) is 8.76. The lowest BCUT2D eigenvalue weighted by Crippen LogP contribution is -2.42. The highest BCUT2D eigenvalue weighted by atomic mass is 16.5. The quantitative estimate of drug-likeness (QED) is 0.365. The summed E-state index contributed by atoms with van der Waals surface area (Å²) in [5, 5.41) is 7.42. The van der Waals surface area contributed by atoms with Gasteiger partial charge in [-0.05, 0) is 11.6 Å². The number of nitrogens with one attached hydrogen (secondary N) is 3. The molecule has 2 heterocycles. The van der Waals surface area contributed by atoms with Crippen molar-refractivity contribution in [3.05, 3.63) is 90.5 Å². The van der Waals surface area contributed by atoms with Gasteiger partial charge in [-0.2, -0.15) is 0 Å². The Balaban J connectivity index is 1.39. The largest absolute Gasteiger partial charge is 0.383 e. The fourth-order valence-corrected chi connectivity index (χ4v) is 4.88. The number of hydrogen-bond donors (Lipinski definition) is 3. The number of likely N-dealkylation sites (tertiary alicyclic amines) is 1. The van der Waals surface area contributed by atoms with Crippen LogP contribution in [0, 0.1) is 0 Å². The Hall–Kier alpha value is -3.61. The molecule has 0 saturated carbocycles. The fraction of sp³-hybridized carbons (Fsp3) is 0.250. The van der Waals surface area contributed by atoms with Crippen molar-refractivity contribution >= 4 is 22.6 Å². The Bertz CT molecular complexity index is 1240. The summed E-state index contributed by atoms with van der Waals surface area (Å²) in [6, 6.07) is 28.4. The molecule has 1 saturated heterocycles. The van der Waals surface area contributed by atoms with Crippen LogP contribution < -0.4 is 10.6 Å². The average molecular weight is 455 g/mol. The molecule has 3 N–H and O–H groups in total. The monoisotopic (exact) mass is 454 g/mol. The molecule has 0 bridgehead atoms. The van der Waals surface area contributed by atoms with Crippen LogP contribution in [0.1, 0.15) is 11.5 Å². The Morgan fingerprint density at radius 2 is 1.68 bits per heavy atom. The number of benzene rings is 3. The van der Waals surface area contributed by atoms with Gasteiger partial charge in [0.1, 0.15) is 0 Å². The van der Waals surface area contributed by atoms with E-state index in [4.69, 9.17) is 4.74 Å². The number of hydrogen-bond acceptors (Lipinski definition) is 3. The van der Waals surface area contributed by atoms with Gasteiger partial charge in [-0.3, -0.25) is 4.90 Å². The minimum Gasteiger partial charge on any atom is -0.383 e. The van der Waals surface area contributed by atoms with Gasteiger partial charge >= 0.3 is 6.03 Å². The molecule has 1 aromatic heterocycles. The van der Waals surface area contributed by atoms with E-state index in [-0.39, 0.29) is 18.0 Å². The molecular formula is C28H30N4O2. The first-order chi connectivity index (χ1) is 16.7. The van der Waals surface area contributed by atoms with E-state index in [2.05, 4.69) is 44.8 Å². The number of aromatic amines is 1. The van der Waals surface area contributed by atoms with Gasteiger partial charge < -0.3 is 20.4 Å². The van der Waals surface area contributed by atoms with Crippen LogP contribution in [-0.2, 0) is 4.74 Å². The summed E-state index contributed by atoms with van der Waals surface area (Å²) in [6.07, 6.45) is 0. The molecule has 2 amide bonds. The van der Waals surface area contributed by atoms with Gasteiger partial charge in [-0.1, -0.05) is 78.9 Å². The molecule has 5 rings (SSSR count). The highest BCUT2D eigenvalue weighted by Crippen LogP contribution is 2.35. The first-order valence-corrected chi connectivity index (χ1v) is 11.7. The number of anilines is 1. The zero-order valence-electron chi connectivity index (χ0n) is 19.3. The number of fused-ring (bicyclic) bond motifs is 1. The number of H-pyrrole nitrogens is 1. The Morgan fingerprint density at radius 1 is 0.971 bits per heavy atom. The zero-order chi connectivity index (χ0) is 23.3. The van der Waals surface area contributed by atoms with Crippen LogP contribution >= 0.6 is 0 Å². The van der Waals surface area contributed by atoms with Crippen LogP contribution in [0.25, 0.3) is 22.2 Å². The molecule has 0 unspecified atom stereocenters. The molecule has 1 aliphatic rings. The average Bonchev–Trinajstić information content (AvgIpc) is 3.45. The van der Waals surface area contributed by atoms with Crippen molar-refractivity contribution in [2.75, 3.05) is 38.7 Å². The number of carbonyl (C=O) groups is 1. The topological polar surface area (TPSA) is 69.4 Å². The van der Waals surface area contributed by atoms with Gasteiger partial charge in [0.15, 0.2) is 0 Å². The molecule has 2 atom stereocenters. The van der Waals surface area contributed by atoms with E-state index in [1.807, 2.05) is 60.7 Å². The highest BCUT2D eigenvalue weighted by molar-refractivity contribution is 6.07. The van der Waals surface area contributed by atoms with Crippen LogP contribution in [0.4, 0.5) is 10.5 Å². The second kappa shape index (κ2) is 10.1. The molecule has 0 aliphatic carbocycles. The lowest BCUT2D eigenvalue weighted by atomic mass is 9.94. The van der Waals surface area contributed by atoms with E-state index < -0.39 is 0 Å². The van der Waals surface area contributed by atoms with E-state index in [1.54, 1.807) is 7.11 Å². The molecule has 174 valence electrons. The number of amides is 2. The minimum absolute atomic E-state index is 0.00429. The molecule has 0 radical (unpaired) electrons. The SMILES string of the molecule is COCCN1C[C@H](NC(=O)Nc2c(-c3ccccc3)[nH]c3ccccc23)[C@@H](c2ccccc2)C1. The molecule has 3 aromatic carbocycles. The van der Waals surface area contributed by atoms with Crippen molar-refractivity contribution in [1.29, 1.82) is 0 Å². The summed E-state index contributed by atoms with van der Waals surface area (Å²) >= 11 is 0. The number of nitrogens with zero attached hydrogens (tertiary/aromatic N) is 1. The van der Waals surface area contributed by atoms with Crippen LogP contribution in [0.2, 0.25) is 0 Å². The lowest BCUT2D eigenvalue weighted by molar-refractivity contribution is 0.159. The van der Waals surface area contributed by atoms with Crippen molar-refractivity contribution in [3.63, 3.8) is 0 Å². The van der Waals surface area contributed by atoms with Gasteiger partial charge in [-0.15, -0.1) is 0 Å². The molecule has 4 aromatic rings. The summed E-state index contributed by atoms with van der Waals surface area (Å²) in [5.41, 5.74) is 4.97. The number of urea groups is 1. The molecular weight excluding hydrogens is 424 g/mol. The maximum Gasteiger partial charge on any atom is 0.319 e.